The molecule has 0 aromatic heterocycles. The number of benzene rings is 5. The van der Waals surface area contributed by atoms with Crippen LogP contribution in [0, 0.1) is 23.7 Å². The average molecular weight is 553 g/mol. The molecule has 0 saturated carbocycles. The highest BCUT2D eigenvalue weighted by atomic mass is 16.3. The maximum Gasteiger partial charge on any atom is 0.178 e. The second-order valence-corrected chi connectivity index (χ2v) is 10.9. The van der Waals surface area contributed by atoms with Crippen LogP contribution in [0.25, 0.3) is 24.3 Å². The Kier molecular flexibility index (Phi) is 6.65. The molecule has 0 bridgehead atoms. The zero-order valence-electron chi connectivity index (χ0n) is 23.5. The SMILES string of the molecule is OC1(C#CCc2cccc(C#CC3(O)c4ccccc4C=Cc4ccccc43)c2)c2ccccc2C=Cc2ccccc21. The van der Waals surface area contributed by atoms with E-state index in [-0.39, 0.29) is 0 Å². The zero-order chi connectivity index (χ0) is 29.3. The third-order valence-electron chi connectivity index (χ3n) is 8.16. The number of fused-ring (bicyclic) bond motifs is 4. The summed E-state index contributed by atoms with van der Waals surface area (Å²) < 4.78 is 0. The maximum atomic E-state index is 12.1. The minimum Gasteiger partial charge on any atom is -0.369 e. The lowest BCUT2D eigenvalue weighted by Crippen LogP contribution is -2.26. The second kappa shape index (κ2) is 10.8. The van der Waals surface area contributed by atoms with Gasteiger partial charge < -0.3 is 10.2 Å². The van der Waals surface area contributed by atoms with Crippen molar-refractivity contribution < 1.29 is 10.2 Å². The van der Waals surface area contributed by atoms with Gasteiger partial charge in [0.1, 0.15) is 0 Å². The molecule has 0 unspecified atom stereocenters. The molecule has 0 spiro atoms. The van der Waals surface area contributed by atoms with E-state index in [1.165, 1.54) is 0 Å². The summed E-state index contributed by atoms with van der Waals surface area (Å²) in [5, 5.41) is 24.2. The Morgan fingerprint density at radius 1 is 0.465 bits per heavy atom. The molecule has 5 aromatic carbocycles. The molecule has 0 amide bonds. The molecule has 0 saturated heterocycles. The van der Waals surface area contributed by atoms with E-state index in [1.54, 1.807) is 0 Å². The standard InChI is InChI=1S/C41H28O2/c42-40(36-18-5-1-14-32(36)22-23-33-15-2-6-19-37(33)40)27-10-13-30-11-9-12-31(29-30)26-28-41(43)38-20-7-3-16-34(38)24-25-35-17-4-8-21-39(35)41/h1-9,11-12,14-25,29,42-43H,13H2. The summed E-state index contributed by atoms with van der Waals surface area (Å²) in [6, 6.07) is 39.3. The maximum absolute atomic E-state index is 12.1. The van der Waals surface area contributed by atoms with E-state index in [9.17, 15) is 10.2 Å². The first-order valence-corrected chi connectivity index (χ1v) is 14.4. The summed E-state index contributed by atoms with van der Waals surface area (Å²) in [7, 11) is 0. The molecule has 2 heteroatoms. The molecule has 7 rings (SSSR count). The fourth-order valence-corrected chi connectivity index (χ4v) is 6.00. The lowest BCUT2D eigenvalue weighted by molar-refractivity contribution is 0.144. The zero-order valence-corrected chi connectivity index (χ0v) is 23.5. The van der Waals surface area contributed by atoms with Gasteiger partial charge >= 0.3 is 0 Å². The largest absolute Gasteiger partial charge is 0.369 e. The van der Waals surface area contributed by atoms with Gasteiger partial charge in [-0.25, -0.2) is 0 Å². The van der Waals surface area contributed by atoms with Crippen LogP contribution in [0.2, 0.25) is 0 Å². The predicted octanol–water partition coefficient (Wildman–Crippen LogP) is 7.42. The highest BCUT2D eigenvalue weighted by Crippen LogP contribution is 2.39. The number of rotatable bonds is 1. The first kappa shape index (κ1) is 26.5. The summed E-state index contributed by atoms with van der Waals surface area (Å²) in [5.74, 6) is 13.0. The molecule has 0 heterocycles. The monoisotopic (exact) mass is 552 g/mol. The van der Waals surface area contributed by atoms with Gasteiger partial charge in [0.05, 0.1) is 0 Å². The Balaban J connectivity index is 1.23. The molecule has 2 nitrogen and oxygen atoms in total. The van der Waals surface area contributed by atoms with E-state index in [4.69, 9.17) is 0 Å². The molecule has 2 aliphatic rings. The van der Waals surface area contributed by atoms with Crippen molar-refractivity contribution in [3.8, 4) is 23.7 Å². The van der Waals surface area contributed by atoms with Crippen molar-refractivity contribution in [2.45, 2.75) is 17.6 Å². The molecule has 43 heavy (non-hydrogen) atoms. The predicted molar refractivity (Wildman–Crippen MR) is 174 cm³/mol. The van der Waals surface area contributed by atoms with E-state index in [0.29, 0.717) is 6.42 Å². The molecule has 204 valence electrons. The summed E-state index contributed by atoms with van der Waals surface area (Å²) in [6.45, 7) is 0. The van der Waals surface area contributed by atoms with Crippen LogP contribution in [0.4, 0.5) is 0 Å². The number of hydrogen-bond acceptors (Lipinski definition) is 2. The number of hydrogen-bond donors (Lipinski definition) is 2. The Labute approximate surface area is 252 Å². The van der Waals surface area contributed by atoms with E-state index >= 15 is 0 Å². The van der Waals surface area contributed by atoms with Gasteiger partial charge in [-0.1, -0.05) is 157 Å². The molecule has 2 N–H and O–H groups in total. The van der Waals surface area contributed by atoms with Crippen molar-refractivity contribution >= 4 is 24.3 Å². The van der Waals surface area contributed by atoms with Crippen molar-refractivity contribution in [1.82, 2.24) is 0 Å². The normalized spacial score (nSPS) is 14.7. The average Bonchev–Trinajstić information content (AvgIpc) is 3.26. The third kappa shape index (κ3) is 4.80. The van der Waals surface area contributed by atoms with E-state index in [2.05, 4.69) is 23.7 Å². The first-order valence-electron chi connectivity index (χ1n) is 14.4. The smallest absolute Gasteiger partial charge is 0.178 e. The summed E-state index contributed by atoms with van der Waals surface area (Å²) >= 11 is 0. The fourth-order valence-electron chi connectivity index (χ4n) is 6.00. The molecule has 0 atom stereocenters. The molecular formula is C41H28O2. The van der Waals surface area contributed by atoms with Crippen molar-refractivity contribution in [1.29, 1.82) is 0 Å². The van der Waals surface area contributed by atoms with Crippen molar-refractivity contribution in [2.75, 3.05) is 0 Å². The Morgan fingerprint density at radius 3 is 1.35 bits per heavy atom. The summed E-state index contributed by atoms with van der Waals surface area (Å²) in [6.07, 6.45) is 8.57. The van der Waals surface area contributed by atoms with Crippen LogP contribution >= 0.6 is 0 Å². The minimum atomic E-state index is -1.47. The van der Waals surface area contributed by atoms with Crippen LogP contribution in [0.3, 0.4) is 0 Å². The van der Waals surface area contributed by atoms with Gasteiger partial charge in [0.25, 0.3) is 0 Å². The molecule has 0 radical (unpaired) electrons. The van der Waals surface area contributed by atoms with Crippen LogP contribution in [-0.2, 0) is 17.6 Å². The van der Waals surface area contributed by atoms with Crippen LogP contribution in [0.1, 0.15) is 55.6 Å². The molecule has 2 aliphatic carbocycles. The van der Waals surface area contributed by atoms with Crippen LogP contribution in [-0.4, -0.2) is 10.2 Å². The van der Waals surface area contributed by atoms with Crippen molar-refractivity contribution in [3.63, 3.8) is 0 Å². The molecule has 0 fully saturated rings. The third-order valence-corrected chi connectivity index (χ3v) is 8.16. The van der Waals surface area contributed by atoms with Gasteiger partial charge in [-0.3, -0.25) is 0 Å². The molecular weight excluding hydrogens is 524 g/mol. The van der Waals surface area contributed by atoms with E-state index < -0.39 is 11.2 Å². The summed E-state index contributed by atoms with van der Waals surface area (Å²) in [5.41, 5.74) is 5.70. The number of aliphatic hydroxyl groups is 2. The second-order valence-electron chi connectivity index (χ2n) is 10.9. The first-order chi connectivity index (χ1) is 21.0. The lowest BCUT2D eigenvalue weighted by Gasteiger charge is -2.25. The van der Waals surface area contributed by atoms with Crippen LogP contribution in [0.15, 0.2) is 121 Å². The Bertz CT molecular complexity index is 1960. The van der Waals surface area contributed by atoms with Crippen LogP contribution < -0.4 is 0 Å². The molecule has 5 aromatic rings. The van der Waals surface area contributed by atoms with Gasteiger partial charge in [-0.05, 0) is 39.9 Å². The van der Waals surface area contributed by atoms with Gasteiger partial charge in [-0.15, -0.1) is 0 Å². The summed E-state index contributed by atoms with van der Waals surface area (Å²) in [4.78, 5) is 0. The van der Waals surface area contributed by atoms with Gasteiger partial charge in [0.2, 0.25) is 0 Å². The van der Waals surface area contributed by atoms with Gasteiger partial charge in [-0.2, -0.15) is 0 Å². The molecule has 0 aliphatic heterocycles. The quantitative estimate of drug-likeness (QED) is 0.213. The Hall–Kier alpha value is -5.38. The van der Waals surface area contributed by atoms with Crippen LogP contribution in [0.5, 0.6) is 0 Å². The highest BCUT2D eigenvalue weighted by molar-refractivity contribution is 5.79. The topological polar surface area (TPSA) is 40.5 Å². The lowest BCUT2D eigenvalue weighted by atomic mass is 9.83. The minimum absolute atomic E-state index is 0.440. The highest BCUT2D eigenvalue weighted by Gasteiger charge is 2.35. The van der Waals surface area contributed by atoms with Gasteiger partial charge in [0, 0.05) is 34.2 Å². The van der Waals surface area contributed by atoms with Gasteiger partial charge in [0.15, 0.2) is 11.2 Å². The Morgan fingerprint density at radius 2 is 0.884 bits per heavy atom. The fraction of sp³-hybridized carbons (Fsp3) is 0.0732. The van der Waals surface area contributed by atoms with Crippen molar-refractivity contribution in [3.05, 3.63) is 177 Å². The van der Waals surface area contributed by atoms with E-state index in [0.717, 1.165) is 55.6 Å². The van der Waals surface area contributed by atoms with Crippen molar-refractivity contribution in [2.24, 2.45) is 0 Å². The van der Waals surface area contributed by atoms with E-state index in [1.807, 2.05) is 146 Å².